The maximum atomic E-state index is 12.9. The average molecular weight is 266 g/mol. The fraction of sp³-hybridized carbons (Fsp3) is 0.357. The van der Waals surface area contributed by atoms with Crippen molar-refractivity contribution in [3.63, 3.8) is 0 Å². The summed E-state index contributed by atoms with van der Waals surface area (Å²) in [4.78, 5) is 1.89. The lowest BCUT2D eigenvalue weighted by Gasteiger charge is -2.24. The molecular formula is C14H13F3N2. The molecule has 1 aliphatic carbocycles. The van der Waals surface area contributed by atoms with Crippen molar-refractivity contribution in [1.29, 1.82) is 5.26 Å². The summed E-state index contributed by atoms with van der Waals surface area (Å²) >= 11 is 0. The van der Waals surface area contributed by atoms with Crippen molar-refractivity contribution in [3.8, 4) is 6.07 Å². The Hall–Kier alpha value is -1.96. The fourth-order valence-corrected chi connectivity index (χ4v) is 2.03. The van der Waals surface area contributed by atoms with Gasteiger partial charge >= 0.3 is 6.18 Å². The minimum atomic E-state index is -4.51. The van der Waals surface area contributed by atoms with Gasteiger partial charge in [0.1, 0.15) is 0 Å². The van der Waals surface area contributed by atoms with Gasteiger partial charge in [-0.05, 0) is 31.0 Å². The van der Waals surface area contributed by atoms with E-state index in [1.165, 1.54) is 6.07 Å². The third kappa shape index (κ3) is 2.90. The van der Waals surface area contributed by atoms with Crippen LogP contribution in [0.3, 0.4) is 0 Å². The lowest BCUT2D eigenvalue weighted by atomic mass is 10.1. The SMILES string of the molecule is C=CCN(c1ccc(C#N)c(C(F)(F)F)c1)C1CC1. The van der Waals surface area contributed by atoms with E-state index in [4.69, 9.17) is 5.26 Å². The molecule has 100 valence electrons. The Balaban J connectivity index is 2.42. The molecule has 19 heavy (non-hydrogen) atoms. The number of hydrogen-bond donors (Lipinski definition) is 0. The van der Waals surface area contributed by atoms with Crippen molar-refractivity contribution < 1.29 is 13.2 Å². The van der Waals surface area contributed by atoms with Gasteiger partial charge in [-0.3, -0.25) is 0 Å². The molecule has 2 nitrogen and oxygen atoms in total. The van der Waals surface area contributed by atoms with E-state index in [2.05, 4.69) is 6.58 Å². The monoisotopic (exact) mass is 266 g/mol. The van der Waals surface area contributed by atoms with Crippen LogP contribution in [-0.4, -0.2) is 12.6 Å². The predicted octanol–water partition coefficient (Wildman–Crippen LogP) is 3.73. The van der Waals surface area contributed by atoms with Crippen LogP contribution in [0.25, 0.3) is 0 Å². The largest absolute Gasteiger partial charge is 0.417 e. The Kier molecular flexibility index (Phi) is 3.52. The maximum Gasteiger partial charge on any atom is 0.417 e. The van der Waals surface area contributed by atoms with Gasteiger partial charge < -0.3 is 4.90 Å². The van der Waals surface area contributed by atoms with Crippen molar-refractivity contribution in [1.82, 2.24) is 0 Å². The number of halogens is 3. The second-order valence-electron chi connectivity index (χ2n) is 4.51. The molecule has 1 fully saturated rings. The van der Waals surface area contributed by atoms with Gasteiger partial charge in [0.05, 0.1) is 17.2 Å². The maximum absolute atomic E-state index is 12.9. The van der Waals surface area contributed by atoms with Crippen molar-refractivity contribution in [2.75, 3.05) is 11.4 Å². The van der Waals surface area contributed by atoms with Crippen LogP contribution in [0.5, 0.6) is 0 Å². The van der Waals surface area contributed by atoms with Crippen LogP contribution in [0.15, 0.2) is 30.9 Å². The number of alkyl halides is 3. The van der Waals surface area contributed by atoms with Crippen molar-refractivity contribution in [3.05, 3.63) is 42.0 Å². The summed E-state index contributed by atoms with van der Waals surface area (Å²) in [5.41, 5.74) is -0.721. The van der Waals surface area contributed by atoms with Gasteiger partial charge in [-0.25, -0.2) is 0 Å². The molecule has 0 atom stereocenters. The lowest BCUT2D eigenvalue weighted by Crippen LogP contribution is -2.26. The van der Waals surface area contributed by atoms with Crippen LogP contribution >= 0.6 is 0 Å². The molecule has 1 aromatic carbocycles. The highest BCUT2D eigenvalue weighted by Gasteiger charge is 2.35. The Morgan fingerprint density at radius 2 is 2.11 bits per heavy atom. The Labute approximate surface area is 109 Å². The van der Waals surface area contributed by atoms with Crippen molar-refractivity contribution in [2.24, 2.45) is 0 Å². The van der Waals surface area contributed by atoms with Gasteiger partial charge in [-0.15, -0.1) is 6.58 Å². The summed E-state index contributed by atoms with van der Waals surface area (Å²) < 4.78 is 38.7. The zero-order chi connectivity index (χ0) is 14.0. The molecule has 0 aromatic heterocycles. The first-order valence-electron chi connectivity index (χ1n) is 5.96. The third-order valence-electron chi connectivity index (χ3n) is 3.07. The standard InChI is InChI=1S/C14H13F3N2/c1-2-7-19(11-5-6-11)12-4-3-10(9-18)13(8-12)14(15,16)17/h2-4,8,11H,1,5-7H2. The normalized spacial score (nSPS) is 14.8. The first-order chi connectivity index (χ1) is 8.97. The zero-order valence-electron chi connectivity index (χ0n) is 10.2. The first-order valence-corrected chi connectivity index (χ1v) is 5.96. The van der Waals surface area contributed by atoms with Gasteiger partial charge in [0, 0.05) is 18.3 Å². The second-order valence-corrected chi connectivity index (χ2v) is 4.51. The van der Waals surface area contributed by atoms with Crippen molar-refractivity contribution in [2.45, 2.75) is 25.1 Å². The minimum absolute atomic E-state index is 0.284. The zero-order valence-corrected chi connectivity index (χ0v) is 10.2. The summed E-state index contributed by atoms with van der Waals surface area (Å²) in [6, 6.07) is 5.72. The molecule has 0 heterocycles. The van der Waals surface area contributed by atoms with Crippen LogP contribution < -0.4 is 4.90 Å². The highest BCUT2D eigenvalue weighted by molar-refractivity contribution is 5.56. The molecule has 0 aliphatic heterocycles. The smallest absolute Gasteiger partial charge is 0.365 e. The van der Waals surface area contributed by atoms with E-state index in [0.29, 0.717) is 12.2 Å². The molecule has 5 heteroatoms. The molecule has 2 rings (SSSR count). The van der Waals surface area contributed by atoms with E-state index in [1.54, 1.807) is 18.2 Å². The average Bonchev–Trinajstić information content (AvgIpc) is 3.18. The molecular weight excluding hydrogens is 253 g/mol. The highest BCUT2D eigenvalue weighted by atomic mass is 19.4. The topological polar surface area (TPSA) is 27.0 Å². The Bertz CT molecular complexity index is 524. The van der Waals surface area contributed by atoms with E-state index >= 15 is 0 Å². The first kappa shape index (κ1) is 13.5. The van der Waals surface area contributed by atoms with E-state index in [-0.39, 0.29) is 11.6 Å². The van der Waals surface area contributed by atoms with E-state index in [9.17, 15) is 13.2 Å². The van der Waals surface area contributed by atoms with Gasteiger partial charge in [-0.2, -0.15) is 18.4 Å². The van der Waals surface area contributed by atoms with E-state index < -0.39 is 11.7 Å². The van der Waals surface area contributed by atoms with Crippen molar-refractivity contribution >= 4 is 5.69 Å². The highest BCUT2D eigenvalue weighted by Crippen LogP contribution is 2.37. The summed E-state index contributed by atoms with van der Waals surface area (Å²) in [7, 11) is 0. The van der Waals surface area contributed by atoms with Crippen LogP contribution in [0.2, 0.25) is 0 Å². The molecule has 0 spiro atoms. The molecule has 1 aliphatic rings. The van der Waals surface area contributed by atoms with Gasteiger partial charge in [0.2, 0.25) is 0 Å². The molecule has 0 saturated heterocycles. The number of nitrogens with zero attached hydrogens (tertiary/aromatic N) is 2. The molecule has 0 bridgehead atoms. The second kappa shape index (κ2) is 4.96. The summed E-state index contributed by atoms with van der Waals surface area (Å²) in [5, 5.41) is 8.76. The molecule has 0 N–H and O–H groups in total. The Morgan fingerprint density at radius 1 is 1.42 bits per heavy atom. The van der Waals surface area contributed by atoms with Crippen LogP contribution in [0, 0.1) is 11.3 Å². The number of anilines is 1. The van der Waals surface area contributed by atoms with Gasteiger partial charge in [0.15, 0.2) is 0 Å². The Morgan fingerprint density at radius 3 is 2.58 bits per heavy atom. The number of benzene rings is 1. The number of hydrogen-bond acceptors (Lipinski definition) is 2. The number of nitriles is 1. The summed E-state index contributed by atoms with van der Waals surface area (Å²) in [6.07, 6.45) is -0.876. The van der Waals surface area contributed by atoms with Gasteiger partial charge in [0.25, 0.3) is 0 Å². The number of rotatable bonds is 4. The van der Waals surface area contributed by atoms with Crippen LogP contribution in [0.1, 0.15) is 24.0 Å². The quantitative estimate of drug-likeness (QED) is 0.776. The minimum Gasteiger partial charge on any atom is -0.365 e. The molecule has 0 radical (unpaired) electrons. The van der Waals surface area contributed by atoms with Gasteiger partial charge in [-0.1, -0.05) is 6.08 Å². The fourth-order valence-electron chi connectivity index (χ4n) is 2.03. The predicted molar refractivity (Wildman–Crippen MR) is 66.7 cm³/mol. The summed E-state index contributed by atoms with van der Waals surface area (Å²) in [6.45, 7) is 4.13. The van der Waals surface area contributed by atoms with E-state index in [1.807, 2.05) is 4.90 Å². The lowest BCUT2D eigenvalue weighted by molar-refractivity contribution is -0.137. The molecule has 0 unspecified atom stereocenters. The molecule has 1 saturated carbocycles. The molecule has 0 amide bonds. The van der Waals surface area contributed by atoms with Crippen LogP contribution in [0.4, 0.5) is 18.9 Å². The van der Waals surface area contributed by atoms with Crippen LogP contribution in [-0.2, 0) is 6.18 Å². The summed E-state index contributed by atoms with van der Waals surface area (Å²) in [5.74, 6) is 0. The molecule has 1 aromatic rings. The third-order valence-corrected chi connectivity index (χ3v) is 3.07. The van der Waals surface area contributed by atoms with E-state index in [0.717, 1.165) is 18.9 Å².